The summed E-state index contributed by atoms with van der Waals surface area (Å²) < 4.78 is 0. The number of fused-ring (bicyclic) bond motifs is 2. The Labute approximate surface area is 149 Å². The van der Waals surface area contributed by atoms with E-state index in [4.69, 9.17) is 6.42 Å². The van der Waals surface area contributed by atoms with Crippen molar-refractivity contribution in [3.05, 3.63) is 61.1 Å². The normalized spacial score (nSPS) is 10.4. The summed E-state index contributed by atoms with van der Waals surface area (Å²) in [5.41, 5.74) is 3.05. The van der Waals surface area contributed by atoms with Crippen LogP contribution < -0.4 is 10.6 Å². The zero-order valence-corrected chi connectivity index (χ0v) is 13.6. The molecule has 0 aliphatic carbocycles. The standard InChI is InChI=1S/C20H13N5O/c1-2-19(26)24-14-7-8-18-16(10-14)20(23-12-22-18)25-15-9-13-5-3-4-6-17(13)21-11-15/h1,3-12H,(H,24,26)(H,22,23,25). The van der Waals surface area contributed by atoms with E-state index in [9.17, 15) is 4.79 Å². The number of hydrogen-bond donors (Lipinski definition) is 2. The van der Waals surface area contributed by atoms with Crippen molar-refractivity contribution in [1.82, 2.24) is 15.0 Å². The molecule has 1 amide bonds. The first-order valence-corrected chi connectivity index (χ1v) is 7.87. The minimum absolute atomic E-state index is 0.505. The van der Waals surface area contributed by atoms with Gasteiger partial charge in [-0.2, -0.15) is 0 Å². The monoisotopic (exact) mass is 339 g/mol. The minimum Gasteiger partial charge on any atom is -0.338 e. The highest BCUT2D eigenvalue weighted by Crippen LogP contribution is 2.26. The van der Waals surface area contributed by atoms with E-state index in [2.05, 4.69) is 25.6 Å². The second-order valence-electron chi connectivity index (χ2n) is 5.59. The number of pyridine rings is 1. The first-order chi connectivity index (χ1) is 12.7. The molecule has 4 rings (SSSR count). The Morgan fingerprint density at radius 3 is 2.73 bits per heavy atom. The van der Waals surface area contributed by atoms with Gasteiger partial charge in [0, 0.05) is 16.5 Å². The van der Waals surface area contributed by atoms with Crippen LogP contribution in [0, 0.1) is 12.3 Å². The molecule has 2 aromatic carbocycles. The highest BCUT2D eigenvalue weighted by molar-refractivity contribution is 6.05. The van der Waals surface area contributed by atoms with E-state index in [1.54, 1.807) is 24.4 Å². The number of anilines is 3. The summed E-state index contributed by atoms with van der Waals surface area (Å²) in [7, 11) is 0. The van der Waals surface area contributed by atoms with Crippen molar-refractivity contribution >= 4 is 44.9 Å². The summed E-state index contributed by atoms with van der Waals surface area (Å²) in [4.78, 5) is 24.4. The molecule has 0 bridgehead atoms. The summed E-state index contributed by atoms with van der Waals surface area (Å²) in [6.07, 6.45) is 8.34. The summed E-state index contributed by atoms with van der Waals surface area (Å²) in [5, 5.41) is 7.68. The summed E-state index contributed by atoms with van der Waals surface area (Å²) >= 11 is 0. The molecule has 0 saturated carbocycles. The Bertz CT molecular complexity index is 1180. The van der Waals surface area contributed by atoms with Crippen LogP contribution in [0.1, 0.15) is 0 Å². The molecular weight excluding hydrogens is 326 g/mol. The average Bonchev–Trinajstić information content (AvgIpc) is 2.68. The quantitative estimate of drug-likeness (QED) is 0.559. The van der Waals surface area contributed by atoms with Crippen LogP contribution in [0.25, 0.3) is 21.8 Å². The zero-order chi connectivity index (χ0) is 17.9. The zero-order valence-electron chi connectivity index (χ0n) is 13.6. The summed E-state index contributed by atoms with van der Waals surface area (Å²) in [6, 6.07) is 15.2. The second kappa shape index (κ2) is 6.49. The van der Waals surface area contributed by atoms with Crippen LogP contribution in [-0.4, -0.2) is 20.9 Å². The smallest absolute Gasteiger partial charge is 0.300 e. The van der Waals surface area contributed by atoms with Crippen molar-refractivity contribution in [2.75, 3.05) is 10.6 Å². The van der Waals surface area contributed by atoms with E-state index in [0.29, 0.717) is 11.5 Å². The molecule has 124 valence electrons. The van der Waals surface area contributed by atoms with E-state index >= 15 is 0 Å². The lowest BCUT2D eigenvalue weighted by atomic mass is 10.2. The molecule has 2 heterocycles. The van der Waals surface area contributed by atoms with Crippen LogP contribution in [-0.2, 0) is 4.79 Å². The minimum atomic E-state index is -0.505. The highest BCUT2D eigenvalue weighted by Gasteiger charge is 2.07. The fourth-order valence-corrected chi connectivity index (χ4v) is 2.68. The Hall–Kier alpha value is -3.98. The fourth-order valence-electron chi connectivity index (χ4n) is 2.68. The maximum absolute atomic E-state index is 11.4. The van der Waals surface area contributed by atoms with Crippen molar-refractivity contribution in [1.29, 1.82) is 0 Å². The average molecular weight is 339 g/mol. The second-order valence-corrected chi connectivity index (χ2v) is 5.59. The van der Waals surface area contributed by atoms with Gasteiger partial charge >= 0.3 is 0 Å². The van der Waals surface area contributed by atoms with E-state index in [1.807, 2.05) is 36.3 Å². The number of nitrogens with zero attached hydrogens (tertiary/aromatic N) is 3. The third kappa shape index (κ3) is 3.01. The van der Waals surface area contributed by atoms with Crippen LogP contribution in [0.3, 0.4) is 0 Å². The fraction of sp³-hybridized carbons (Fsp3) is 0. The van der Waals surface area contributed by atoms with E-state index in [1.165, 1.54) is 6.33 Å². The molecule has 4 aromatic rings. The van der Waals surface area contributed by atoms with Crippen LogP contribution in [0.4, 0.5) is 17.2 Å². The van der Waals surface area contributed by atoms with Crippen LogP contribution in [0.15, 0.2) is 61.1 Å². The molecule has 0 fully saturated rings. The van der Waals surface area contributed by atoms with Crippen molar-refractivity contribution in [3.8, 4) is 12.3 Å². The van der Waals surface area contributed by atoms with Gasteiger partial charge in [0.15, 0.2) is 0 Å². The van der Waals surface area contributed by atoms with Crippen molar-refractivity contribution in [2.24, 2.45) is 0 Å². The summed E-state index contributed by atoms with van der Waals surface area (Å²) in [6.45, 7) is 0. The number of benzene rings is 2. The highest BCUT2D eigenvalue weighted by atomic mass is 16.1. The first-order valence-electron chi connectivity index (χ1n) is 7.87. The van der Waals surface area contributed by atoms with Gasteiger partial charge in [-0.15, -0.1) is 6.42 Å². The van der Waals surface area contributed by atoms with Gasteiger partial charge in [0.25, 0.3) is 5.91 Å². The lowest BCUT2D eigenvalue weighted by molar-refractivity contribution is -0.111. The molecule has 6 nitrogen and oxygen atoms in total. The maximum Gasteiger partial charge on any atom is 0.300 e. The number of amides is 1. The van der Waals surface area contributed by atoms with Gasteiger partial charge in [-0.25, -0.2) is 9.97 Å². The van der Waals surface area contributed by atoms with Crippen LogP contribution in [0.5, 0.6) is 0 Å². The van der Waals surface area contributed by atoms with Gasteiger partial charge in [0.1, 0.15) is 12.1 Å². The number of nitrogens with one attached hydrogen (secondary N) is 2. The number of para-hydroxylation sites is 1. The number of hydrogen-bond acceptors (Lipinski definition) is 5. The third-order valence-corrected chi connectivity index (χ3v) is 3.88. The number of carbonyl (C=O) groups is 1. The molecule has 0 saturated heterocycles. The molecule has 0 aliphatic heterocycles. The number of aromatic nitrogens is 3. The van der Waals surface area contributed by atoms with Gasteiger partial charge < -0.3 is 10.6 Å². The van der Waals surface area contributed by atoms with E-state index in [0.717, 1.165) is 27.5 Å². The SMILES string of the molecule is C#CC(=O)Nc1ccc2ncnc(Nc3cnc4ccccc4c3)c2c1. The van der Waals surface area contributed by atoms with Crippen molar-refractivity contribution in [2.45, 2.75) is 0 Å². The first kappa shape index (κ1) is 15.5. The molecule has 0 radical (unpaired) electrons. The molecule has 0 atom stereocenters. The largest absolute Gasteiger partial charge is 0.338 e. The Kier molecular flexibility index (Phi) is 3.88. The molecule has 0 aliphatic rings. The molecule has 2 N–H and O–H groups in total. The van der Waals surface area contributed by atoms with Gasteiger partial charge in [-0.3, -0.25) is 9.78 Å². The van der Waals surface area contributed by atoms with Crippen LogP contribution >= 0.6 is 0 Å². The molecule has 6 heteroatoms. The van der Waals surface area contributed by atoms with Crippen molar-refractivity contribution in [3.63, 3.8) is 0 Å². The van der Waals surface area contributed by atoms with Gasteiger partial charge in [0.05, 0.1) is 22.9 Å². The maximum atomic E-state index is 11.4. The number of carbonyl (C=O) groups excluding carboxylic acids is 1. The van der Waals surface area contributed by atoms with Gasteiger partial charge in [0.2, 0.25) is 0 Å². The third-order valence-electron chi connectivity index (χ3n) is 3.88. The Morgan fingerprint density at radius 1 is 0.962 bits per heavy atom. The molecule has 0 spiro atoms. The number of terminal acetylenes is 1. The molecule has 26 heavy (non-hydrogen) atoms. The molecule has 0 unspecified atom stereocenters. The van der Waals surface area contributed by atoms with Crippen LogP contribution in [0.2, 0.25) is 0 Å². The van der Waals surface area contributed by atoms with Gasteiger partial charge in [-0.1, -0.05) is 18.2 Å². The molecular formula is C20H13N5O. The van der Waals surface area contributed by atoms with Crippen molar-refractivity contribution < 1.29 is 4.79 Å². The van der Waals surface area contributed by atoms with Gasteiger partial charge in [-0.05, 0) is 36.3 Å². The topological polar surface area (TPSA) is 79.8 Å². The predicted octanol–water partition coefficient (Wildman–Crippen LogP) is 3.49. The van der Waals surface area contributed by atoms with E-state index in [-0.39, 0.29) is 0 Å². The predicted molar refractivity (Wildman–Crippen MR) is 102 cm³/mol. The lowest BCUT2D eigenvalue weighted by Gasteiger charge is -2.10. The Morgan fingerprint density at radius 2 is 1.85 bits per heavy atom. The lowest BCUT2D eigenvalue weighted by Crippen LogP contribution is -2.08. The molecule has 2 aromatic heterocycles. The Balaban J connectivity index is 1.73. The van der Waals surface area contributed by atoms with E-state index < -0.39 is 5.91 Å². The summed E-state index contributed by atoms with van der Waals surface area (Å²) in [5.74, 6) is 2.14. The number of rotatable bonds is 3.